The van der Waals surface area contributed by atoms with Crippen molar-refractivity contribution in [3.05, 3.63) is 52.8 Å². The van der Waals surface area contributed by atoms with Crippen LogP contribution in [0.3, 0.4) is 0 Å². The Kier molecular flexibility index (Phi) is 4.59. The third kappa shape index (κ3) is 3.17. The quantitative estimate of drug-likeness (QED) is 0.848. The van der Waals surface area contributed by atoms with Gasteiger partial charge in [0.05, 0.1) is 18.8 Å². The molecule has 1 aliphatic heterocycles. The van der Waals surface area contributed by atoms with Crippen LogP contribution in [0.1, 0.15) is 39.7 Å². The summed E-state index contributed by atoms with van der Waals surface area (Å²) < 4.78 is 5.90. The van der Waals surface area contributed by atoms with E-state index in [4.69, 9.17) is 4.74 Å². The molecule has 2 aliphatic rings. The third-order valence-corrected chi connectivity index (χ3v) is 5.12. The second kappa shape index (κ2) is 7.03. The van der Waals surface area contributed by atoms with Crippen LogP contribution in [0.4, 0.5) is 5.95 Å². The molecule has 6 nitrogen and oxygen atoms in total. The monoisotopic (exact) mass is 352 g/mol. The lowest BCUT2D eigenvalue weighted by Gasteiger charge is -2.33. The van der Waals surface area contributed by atoms with Gasteiger partial charge in [0, 0.05) is 32.4 Å². The lowest BCUT2D eigenvalue weighted by atomic mass is 10.0. The highest BCUT2D eigenvalue weighted by molar-refractivity contribution is 5.96. The van der Waals surface area contributed by atoms with Crippen molar-refractivity contribution < 1.29 is 9.53 Å². The Hall–Kier alpha value is -2.47. The number of anilines is 1. The molecule has 6 heteroatoms. The molecule has 0 radical (unpaired) electrons. The van der Waals surface area contributed by atoms with Gasteiger partial charge in [0.2, 0.25) is 5.95 Å². The molecule has 0 N–H and O–H groups in total. The van der Waals surface area contributed by atoms with Gasteiger partial charge in [-0.05, 0) is 42.5 Å². The molecule has 0 saturated carbocycles. The van der Waals surface area contributed by atoms with E-state index in [-0.39, 0.29) is 12.0 Å². The van der Waals surface area contributed by atoms with E-state index in [1.807, 2.05) is 42.1 Å². The van der Waals surface area contributed by atoms with Gasteiger partial charge >= 0.3 is 0 Å². The number of morpholine rings is 1. The Balaban J connectivity index is 1.55. The molecular weight excluding hydrogens is 328 g/mol. The summed E-state index contributed by atoms with van der Waals surface area (Å²) in [7, 11) is 3.82. The molecule has 26 heavy (non-hydrogen) atoms. The van der Waals surface area contributed by atoms with Crippen molar-refractivity contribution in [3.63, 3.8) is 0 Å². The highest BCUT2D eigenvalue weighted by Gasteiger charge is 2.29. The van der Waals surface area contributed by atoms with Crippen molar-refractivity contribution in [3.8, 4) is 0 Å². The van der Waals surface area contributed by atoms with Crippen LogP contribution < -0.4 is 4.90 Å². The van der Waals surface area contributed by atoms with Gasteiger partial charge in [-0.25, -0.2) is 9.97 Å². The topological polar surface area (TPSA) is 58.6 Å². The van der Waals surface area contributed by atoms with Gasteiger partial charge < -0.3 is 14.5 Å². The van der Waals surface area contributed by atoms with E-state index in [0.717, 1.165) is 30.5 Å². The van der Waals surface area contributed by atoms with Crippen LogP contribution in [-0.2, 0) is 17.6 Å². The van der Waals surface area contributed by atoms with E-state index in [1.54, 1.807) is 6.20 Å². The lowest BCUT2D eigenvalue weighted by Crippen LogP contribution is -2.42. The maximum absolute atomic E-state index is 13.1. The Morgan fingerprint density at radius 2 is 2.15 bits per heavy atom. The predicted molar refractivity (Wildman–Crippen MR) is 99.4 cm³/mol. The number of nitrogens with zero attached hydrogens (tertiary/aromatic N) is 4. The molecule has 1 aliphatic carbocycles. The molecule has 1 amide bonds. The van der Waals surface area contributed by atoms with Crippen LogP contribution >= 0.6 is 0 Å². The summed E-state index contributed by atoms with van der Waals surface area (Å²) in [4.78, 5) is 25.7. The smallest absolute Gasteiger partial charge is 0.254 e. The van der Waals surface area contributed by atoms with Gasteiger partial charge in [0.25, 0.3) is 5.91 Å². The average molecular weight is 352 g/mol. The number of ether oxygens (including phenoxy) is 1. The Morgan fingerprint density at radius 3 is 3.00 bits per heavy atom. The van der Waals surface area contributed by atoms with Crippen LogP contribution in [-0.4, -0.2) is 54.6 Å². The summed E-state index contributed by atoms with van der Waals surface area (Å²) in [6, 6.07) is 7.98. The van der Waals surface area contributed by atoms with Gasteiger partial charge in [-0.2, -0.15) is 0 Å². The molecule has 1 unspecified atom stereocenters. The number of hydrogen-bond donors (Lipinski definition) is 0. The minimum absolute atomic E-state index is 0.110. The molecule has 0 spiro atoms. The molecule has 2 aromatic rings. The van der Waals surface area contributed by atoms with Gasteiger partial charge in [-0.1, -0.05) is 12.1 Å². The van der Waals surface area contributed by atoms with Crippen molar-refractivity contribution in [1.82, 2.24) is 14.9 Å². The summed E-state index contributed by atoms with van der Waals surface area (Å²) in [5, 5.41) is 0. The van der Waals surface area contributed by atoms with Gasteiger partial charge in [-0.3, -0.25) is 4.79 Å². The van der Waals surface area contributed by atoms with Crippen molar-refractivity contribution in [1.29, 1.82) is 0 Å². The zero-order valence-electron chi connectivity index (χ0n) is 15.3. The van der Waals surface area contributed by atoms with E-state index in [2.05, 4.69) is 16.0 Å². The molecule has 1 aromatic carbocycles. The summed E-state index contributed by atoms with van der Waals surface area (Å²) in [6.07, 6.45) is 4.75. The standard InChI is InChI=1S/C20H24N4O2/c1-23(2)20-21-10-9-17(22-20)18-13-24(11-12-26-18)19(25)16-8-4-6-14-5-3-7-15(14)16/h4,6,8-10,18H,3,5,7,11-13H2,1-2H3. The number of hydrogen-bond acceptors (Lipinski definition) is 5. The molecule has 0 bridgehead atoms. The summed E-state index contributed by atoms with van der Waals surface area (Å²) in [5.74, 6) is 0.759. The first-order valence-electron chi connectivity index (χ1n) is 9.15. The summed E-state index contributed by atoms with van der Waals surface area (Å²) >= 11 is 0. The number of amides is 1. The number of fused-ring (bicyclic) bond motifs is 1. The Bertz CT molecular complexity index is 821. The second-order valence-corrected chi connectivity index (χ2v) is 7.08. The molecule has 4 rings (SSSR count). The lowest BCUT2D eigenvalue weighted by molar-refractivity contribution is -0.0247. The molecule has 1 fully saturated rings. The zero-order chi connectivity index (χ0) is 18.1. The number of carbonyl (C=O) groups is 1. The van der Waals surface area contributed by atoms with Crippen LogP contribution in [0.2, 0.25) is 0 Å². The highest BCUT2D eigenvalue weighted by atomic mass is 16.5. The van der Waals surface area contributed by atoms with Gasteiger partial charge in [0.1, 0.15) is 6.10 Å². The van der Waals surface area contributed by atoms with E-state index in [9.17, 15) is 4.79 Å². The fourth-order valence-electron chi connectivity index (χ4n) is 3.76. The molecule has 1 atom stereocenters. The Labute approximate surface area is 153 Å². The van der Waals surface area contributed by atoms with Gasteiger partial charge in [0.15, 0.2) is 0 Å². The fourth-order valence-corrected chi connectivity index (χ4v) is 3.76. The summed E-state index contributed by atoms with van der Waals surface area (Å²) in [6.45, 7) is 1.66. The highest BCUT2D eigenvalue weighted by Crippen LogP contribution is 2.28. The van der Waals surface area contributed by atoms with Crippen molar-refractivity contribution in [2.75, 3.05) is 38.7 Å². The zero-order valence-corrected chi connectivity index (χ0v) is 15.3. The maximum Gasteiger partial charge on any atom is 0.254 e. The molecule has 2 heterocycles. The van der Waals surface area contributed by atoms with Crippen LogP contribution in [0, 0.1) is 0 Å². The molecule has 136 valence electrons. The minimum Gasteiger partial charge on any atom is -0.368 e. The summed E-state index contributed by atoms with van der Waals surface area (Å²) in [5.41, 5.74) is 4.24. The van der Waals surface area contributed by atoms with Crippen molar-refractivity contribution in [2.24, 2.45) is 0 Å². The number of aryl methyl sites for hydroxylation is 1. The number of aromatic nitrogens is 2. The number of carbonyl (C=O) groups excluding carboxylic acids is 1. The fraction of sp³-hybridized carbons (Fsp3) is 0.450. The normalized spacial score (nSPS) is 19.3. The first-order chi connectivity index (χ1) is 12.6. The van der Waals surface area contributed by atoms with E-state index in [1.165, 1.54) is 11.1 Å². The first-order valence-corrected chi connectivity index (χ1v) is 9.15. The van der Waals surface area contributed by atoms with E-state index < -0.39 is 0 Å². The number of benzene rings is 1. The SMILES string of the molecule is CN(C)c1nccc(C2CN(C(=O)c3cccc4c3CCC4)CCO2)n1. The van der Waals surface area contributed by atoms with Gasteiger partial charge in [-0.15, -0.1) is 0 Å². The predicted octanol–water partition coefficient (Wildman–Crippen LogP) is 2.25. The van der Waals surface area contributed by atoms with E-state index >= 15 is 0 Å². The third-order valence-electron chi connectivity index (χ3n) is 5.12. The van der Waals surface area contributed by atoms with Crippen molar-refractivity contribution in [2.45, 2.75) is 25.4 Å². The first kappa shape index (κ1) is 17.0. The molecule has 1 saturated heterocycles. The second-order valence-electron chi connectivity index (χ2n) is 7.08. The molecule has 1 aromatic heterocycles. The van der Waals surface area contributed by atoms with E-state index in [0.29, 0.717) is 25.6 Å². The van der Waals surface area contributed by atoms with Crippen molar-refractivity contribution >= 4 is 11.9 Å². The average Bonchev–Trinajstić information content (AvgIpc) is 3.16. The largest absolute Gasteiger partial charge is 0.368 e. The van der Waals surface area contributed by atoms with Crippen LogP contribution in [0.5, 0.6) is 0 Å². The Morgan fingerprint density at radius 1 is 1.27 bits per heavy atom. The van der Waals surface area contributed by atoms with Crippen LogP contribution in [0.25, 0.3) is 0 Å². The minimum atomic E-state index is -0.217. The van der Waals surface area contributed by atoms with Crippen LogP contribution in [0.15, 0.2) is 30.5 Å². The number of rotatable bonds is 3. The maximum atomic E-state index is 13.1. The molecular formula is C20H24N4O2.